The molecule has 20 heavy (non-hydrogen) atoms. The molecule has 0 radical (unpaired) electrons. The molecule has 2 aromatic rings. The van der Waals surface area contributed by atoms with E-state index >= 15 is 0 Å². The zero-order valence-corrected chi connectivity index (χ0v) is 11.0. The minimum atomic E-state index is -0.785. The second kappa shape index (κ2) is 5.25. The van der Waals surface area contributed by atoms with Crippen molar-refractivity contribution in [2.24, 2.45) is 0 Å². The third-order valence-corrected chi connectivity index (χ3v) is 3.59. The fourth-order valence-corrected chi connectivity index (χ4v) is 2.57. The number of carbonyl (C=O) groups is 1. The number of nitrogens with zero attached hydrogens (tertiary/aromatic N) is 2. The van der Waals surface area contributed by atoms with Gasteiger partial charge >= 0.3 is 5.97 Å². The predicted octanol–water partition coefficient (Wildman–Crippen LogP) is 2.42. The molecule has 0 saturated carbocycles. The molecule has 1 atom stereocenters. The molecule has 1 aliphatic heterocycles. The summed E-state index contributed by atoms with van der Waals surface area (Å²) in [5.74, 6) is -0.785. The summed E-state index contributed by atoms with van der Waals surface area (Å²) in [5, 5.41) is 9.44. The zero-order valence-electron chi connectivity index (χ0n) is 11.0. The summed E-state index contributed by atoms with van der Waals surface area (Å²) in [5.41, 5.74) is 2.00. The molecule has 3 rings (SSSR count). The van der Waals surface area contributed by atoms with Crippen LogP contribution >= 0.6 is 0 Å². The molecule has 0 bridgehead atoms. The van der Waals surface area contributed by atoms with Gasteiger partial charge in [-0.2, -0.15) is 0 Å². The van der Waals surface area contributed by atoms with Gasteiger partial charge in [0.25, 0.3) is 0 Å². The summed E-state index contributed by atoms with van der Waals surface area (Å²) in [6.07, 6.45) is 0. The standard InChI is InChI=1S/C16H16N2O2/c19-16(20)15-11-17(13-7-3-1-4-8-13)12-18(15)14-9-5-2-6-10-14/h1-10,15H,11-12H2,(H,19,20). The highest BCUT2D eigenvalue weighted by molar-refractivity contribution is 5.81. The Bertz CT molecular complexity index is 586. The van der Waals surface area contributed by atoms with Crippen molar-refractivity contribution < 1.29 is 9.90 Å². The second-order valence-corrected chi connectivity index (χ2v) is 4.86. The maximum atomic E-state index is 11.5. The first-order valence-corrected chi connectivity index (χ1v) is 6.60. The monoisotopic (exact) mass is 268 g/mol. The first-order chi connectivity index (χ1) is 9.75. The van der Waals surface area contributed by atoms with Crippen molar-refractivity contribution in [3.63, 3.8) is 0 Å². The summed E-state index contributed by atoms with van der Waals surface area (Å²) in [4.78, 5) is 15.5. The summed E-state index contributed by atoms with van der Waals surface area (Å²) < 4.78 is 0. The third kappa shape index (κ3) is 2.32. The van der Waals surface area contributed by atoms with Gasteiger partial charge in [0, 0.05) is 11.4 Å². The number of anilines is 2. The minimum absolute atomic E-state index is 0.494. The Kier molecular flexibility index (Phi) is 3.29. The van der Waals surface area contributed by atoms with E-state index in [1.54, 1.807) is 0 Å². The highest BCUT2D eigenvalue weighted by Gasteiger charge is 2.35. The average molecular weight is 268 g/mol. The normalized spacial score (nSPS) is 18.3. The molecular formula is C16H16N2O2. The Morgan fingerprint density at radius 2 is 1.50 bits per heavy atom. The SMILES string of the molecule is O=C(O)C1CN(c2ccccc2)CN1c1ccccc1. The maximum absolute atomic E-state index is 11.5. The van der Waals surface area contributed by atoms with Gasteiger partial charge in [-0.3, -0.25) is 0 Å². The van der Waals surface area contributed by atoms with E-state index in [0.29, 0.717) is 13.2 Å². The van der Waals surface area contributed by atoms with Gasteiger partial charge in [0.15, 0.2) is 0 Å². The number of carboxylic acid groups (broad SMARTS) is 1. The van der Waals surface area contributed by atoms with E-state index in [2.05, 4.69) is 4.90 Å². The lowest BCUT2D eigenvalue weighted by molar-refractivity contribution is -0.137. The summed E-state index contributed by atoms with van der Waals surface area (Å²) in [6.45, 7) is 1.08. The van der Waals surface area contributed by atoms with Crippen molar-refractivity contribution >= 4 is 17.3 Å². The minimum Gasteiger partial charge on any atom is -0.480 e. The number of carboxylic acids is 1. The van der Waals surface area contributed by atoms with Crippen LogP contribution in [0.15, 0.2) is 60.7 Å². The molecular weight excluding hydrogens is 252 g/mol. The molecule has 0 aromatic heterocycles. The van der Waals surface area contributed by atoms with Gasteiger partial charge in [-0.05, 0) is 24.3 Å². The Hall–Kier alpha value is -2.49. The van der Waals surface area contributed by atoms with Crippen LogP contribution in [0.3, 0.4) is 0 Å². The van der Waals surface area contributed by atoms with E-state index in [1.807, 2.05) is 65.6 Å². The Morgan fingerprint density at radius 3 is 2.05 bits per heavy atom. The zero-order chi connectivity index (χ0) is 13.9. The van der Waals surface area contributed by atoms with Gasteiger partial charge in [0.2, 0.25) is 0 Å². The molecule has 1 N–H and O–H groups in total. The number of benzene rings is 2. The molecule has 1 aliphatic rings. The largest absolute Gasteiger partial charge is 0.480 e. The first-order valence-electron chi connectivity index (χ1n) is 6.60. The van der Waals surface area contributed by atoms with E-state index in [-0.39, 0.29) is 0 Å². The van der Waals surface area contributed by atoms with Crippen LogP contribution in [-0.2, 0) is 4.79 Å². The van der Waals surface area contributed by atoms with Gasteiger partial charge < -0.3 is 14.9 Å². The third-order valence-electron chi connectivity index (χ3n) is 3.59. The molecule has 0 spiro atoms. The van der Waals surface area contributed by atoms with Crippen LogP contribution in [0.5, 0.6) is 0 Å². The number of hydrogen-bond acceptors (Lipinski definition) is 3. The van der Waals surface area contributed by atoms with Crippen LogP contribution in [0, 0.1) is 0 Å². The predicted molar refractivity (Wildman–Crippen MR) is 79.0 cm³/mol. The number of rotatable bonds is 3. The van der Waals surface area contributed by atoms with Crippen LogP contribution in [0.1, 0.15) is 0 Å². The Labute approximate surface area is 117 Å². The molecule has 4 nitrogen and oxygen atoms in total. The summed E-state index contributed by atoms with van der Waals surface area (Å²) in [7, 11) is 0. The molecule has 1 saturated heterocycles. The lowest BCUT2D eigenvalue weighted by Crippen LogP contribution is -2.37. The van der Waals surface area contributed by atoms with Crippen LogP contribution in [0.25, 0.3) is 0 Å². The molecule has 4 heteroatoms. The number of para-hydroxylation sites is 2. The van der Waals surface area contributed by atoms with E-state index in [9.17, 15) is 9.90 Å². The first kappa shape index (κ1) is 12.5. The molecule has 1 unspecified atom stereocenters. The summed E-state index contributed by atoms with van der Waals surface area (Å²) in [6, 6.07) is 19.1. The highest BCUT2D eigenvalue weighted by Crippen LogP contribution is 2.26. The van der Waals surface area contributed by atoms with Crippen molar-refractivity contribution in [3.05, 3.63) is 60.7 Å². The van der Waals surface area contributed by atoms with Crippen LogP contribution in [-0.4, -0.2) is 30.3 Å². The molecule has 102 valence electrons. The molecule has 0 amide bonds. The van der Waals surface area contributed by atoms with Crippen molar-refractivity contribution in [1.82, 2.24) is 0 Å². The summed E-state index contributed by atoms with van der Waals surface area (Å²) >= 11 is 0. The van der Waals surface area contributed by atoms with E-state index < -0.39 is 12.0 Å². The average Bonchev–Trinajstić information content (AvgIpc) is 2.94. The van der Waals surface area contributed by atoms with E-state index in [1.165, 1.54) is 0 Å². The fourth-order valence-electron chi connectivity index (χ4n) is 2.57. The van der Waals surface area contributed by atoms with Crippen molar-refractivity contribution in [2.45, 2.75) is 6.04 Å². The molecule has 1 fully saturated rings. The topological polar surface area (TPSA) is 43.8 Å². The van der Waals surface area contributed by atoms with Gasteiger partial charge in [-0.1, -0.05) is 36.4 Å². The van der Waals surface area contributed by atoms with E-state index in [0.717, 1.165) is 11.4 Å². The van der Waals surface area contributed by atoms with Crippen molar-refractivity contribution in [3.8, 4) is 0 Å². The van der Waals surface area contributed by atoms with Crippen LogP contribution in [0.4, 0.5) is 11.4 Å². The van der Waals surface area contributed by atoms with Crippen LogP contribution in [0.2, 0.25) is 0 Å². The van der Waals surface area contributed by atoms with Gasteiger partial charge in [-0.15, -0.1) is 0 Å². The fraction of sp³-hybridized carbons (Fsp3) is 0.188. The smallest absolute Gasteiger partial charge is 0.328 e. The highest BCUT2D eigenvalue weighted by atomic mass is 16.4. The van der Waals surface area contributed by atoms with Gasteiger partial charge in [0.1, 0.15) is 6.04 Å². The Morgan fingerprint density at radius 1 is 0.950 bits per heavy atom. The van der Waals surface area contributed by atoms with Crippen molar-refractivity contribution in [1.29, 1.82) is 0 Å². The maximum Gasteiger partial charge on any atom is 0.328 e. The second-order valence-electron chi connectivity index (χ2n) is 4.86. The van der Waals surface area contributed by atoms with Gasteiger partial charge in [0.05, 0.1) is 13.2 Å². The number of hydrogen-bond donors (Lipinski definition) is 1. The lowest BCUT2D eigenvalue weighted by Gasteiger charge is -2.23. The number of aliphatic carboxylic acids is 1. The van der Waals surface area contributed by atoms with Crippen LogP contribution < -0.4 is 9.80 Å². The molecule has 1 heterocycles. The quantitative estimate of drug-likeness (QED) is 0.928. The Balaban J connectivity index is 1.89. The molecule has 0 aliphatic carbocycles. The van der Waals surface area contributed by atoms with Gasteiger partial charge in [-0.25, -0.2) is 4.79 Å². The lowest BCUT2D eigenvalue weighted by atomic mass is 10.2. The van der Waals surface area contributed by atoms with E-state index in [4.69, 9.17) is 0 Å². The van der Waals surface area contributed by atoms with Crippen molar-refractivity contribution in [2.75, 3.05) is 23.0 Å². The molecule has 2 aromatic carbocycles.